The van der Waals surface area contributed by atoms with Gasteiger partial charge in [0.05, 0.1) is 5.69 Å². The Hall–Kier alpha value is -1.87. The average Bonchev–Trinajstić information content (AvgIpc) is 2.55. The summed E-state index contributed by atoms with van der Waals surface area (Å²) in [5, 5.41) is 3.26. The van der Waals surface area contributed by atoms with E-state index in [1.165, 1.54) is 11.1 Å². The van der Waals surface area contributed by atoms with Crippen LogP contribution in [0.5, 0.6) is 5.75 Å². The number of hydrogen-bond acceptors (Lipinski definition) is 3. The molecule has 0 atom stereocenters. The van der Waals surface area contributed by atoms with Gasteiger partial charge >= 0.3 is 0 Å². The molecule has 3 nitrogen and oxygen atoms in total. The van der Waals surface area contributed by atoms with E-state index in [1.54, 1.807) is 0 Å². The first-order chi connectivity index (χ1) is 10.6. The van der Waals surface area contributed by atoms with E-state index in [1.807, 2.05) is 38.2 Å². The summed E-state index contributed by atoms with van der Waals surface area (Å²) in [5.41, 5.74) is 4.69. The van der Waals surface area contributed by atoms with Crippen LogP contribution in [0.1, 0.15) is 45.7 Å². The Balaban J connectivity index is 0.000000847. The predicted molar refractivity (Wildman–Crippen MR) is 92.1 cm³/mol. The van der Waals surface area contributed by atoms with Crippen LogP contribution >= 0.6 is 0 Å². The second kappa shape index (κ2) is 6.93. The predicted octanol–water partition coefficient (Wildman–Crippen LogP) is 4.51. The standard InChI is InChI=1S/C17H20N2O.C2H6/c1-17(2,3)13-8-12-10-18-11-20-16(12)14(9-13)15-6-4-5-7-19-15;1-2/h4-9,18H,10-11H2,1-3H3;1-2H3. The monoisotopic (exact) mass is 298 g/mol. The first-order valence-electron chi connectivity index (χ1n) is 7.98. The van der Waals surface area contributed by atoms with Gasteiger partial charge in [0, 0.05) is 23.9 Å². The molecule has 2 heterocycles. The smallest absolute Gasteiger partial charge is 0.139 e. The highest BCUT2D eigenvalue weighted by Crippen LogP contribution is 2.38. The molecule has 0 saturated heterocycles. The average molecular weight is 298 g/mol. The van der Waals surface area contributed by atoms with Crippen molar-refractivity contribution in [3.8, 4) is 17.0 Å². The number of benzene rings is 1. The fraction of sp³-hybridized carbons (Fsp3) is 0.421. The second-order valence-electron chi connectivity index (χ2n) is 6.19. The van der Waals surface area contributed by atoms with Crippen molar-refractivity contribution in [2.45, 2.75) is 46.6 Å². The Morgan fingerprint density at radius 2 is 1.91 bits per heavy atom. The Morgan fingerprint density at radius 1 is 1.14 bits per heavy atom. The lowest BCUT2D eigenvalue weighted by molar-refractivity contribution is 0.258. The summed E-state index contributed by atoms with van der Waals surface area (Å²) in [6.07, 6.45) is 1.83. The number of pyridine rings is 1. The third-order valence-corrected chi connectivity index (χ3v) is 3.61. The summed E-state index contributed by atoms with van der Waals surface area (Å²) in [6, 6.07) is 10.4. The molecular formula is C19H26N2O. The van der Waals surface area contributed by atoms with Crippen molar-refractivity contribution in [3.63, 3.8) is 0 Å². The summed E-state index contributed by atoms with van der Waals surface area (Å²) >= 11 is 0. The molecule has 2 aromatic rings. The van der Waals surface area contributed by atoms with Crippen molar-refractivity contribution >= 4 is 0 Å². The van der Waals surface area contributed by atoms with Crippen molar-refractivity contribution in [3.05, 3.63) is 47.7 Å². The summed E-state index contributed by atoms with van der Waals surface area (Å²) in [5.74, 6) is 0.968. The van der Waals surface area contributed by atoms with Gasteiger partial charge in [-0.05, 0) is 29.2 Å². The van der Waals surface area contributed by atoms with Gasteiger partial charge < -0.3 is 4.74 Å². The van der Waals surface area contributed by atoms with Gasteiger partial charge in [0.25, 0.3) is 0 Å². The molecule has 3 rings (SSSR count). The molecule has 0 radical (unpaired) electrons. The fourth-order valence-corrected chi connectivity index (χ4v) is 2.44. The van der Waals surface area contributed by atoms with E-state index in [2.05, 4.69) is 43.2 Å². The number of nitrogens with one attached hydrogen (secondary N) is 1. The van der Waals surface area contributed by atoms with Gasteiger partial charge in [-0.15, -0.1) is 0 Å². The van der Waals surface area contributed by atoms with Gasteiger partial charge in [-0.3, -0.25) is 10.3 Å². The molecule has 0 bridgehead atoms. The molecular weight excluding hydrogens is 272 g/mol. The zero-order valence-corrected chi connectivity index (χ0v) is 14.2. The number of hydrogen-bond donors (Lipinski definition) is 1. The van der Waals surface area contributed by atoms with Gasteiger partial charge in [-0.1, -0.05) is 46.8 Å². The van der Waals surface area contributed by atoms with Crippen LogP contribution in [0.2, 0.25) is 0 Å². The summed E-state index contributed by atoms with van der Waals surface area (Å²) in [4.78, 5) is 4.48. The van der Waals surface area contributed by atoms with Crippen LogP contribution in [0.3, 0.4) is 0 Å². The Labute approximate surface area is 133 Å². The molecule has 1 aromatic carbocycles. The lowest BCUT2D eigenvalue weighted by Crippen LogP contribution is -2.26. The van der Waals surface area contributed by atoms with Crippen LogP contribution < -0.4 is 10.1 Å². The summed E-state index contributed by atoms with van der Waals surface area (Å²) < 4.78 is 5.83. The Kier molecular flexibility index (Phi) is 5.19. The maximum Gasteiger partial charge on any atom is 0.139 e. The van der Waals surface area contributed by atoms with Crippen LogP contribution in [0.25, 0.3) is 11.3 Å². The highest BCUT2D eigenvalue weighted by molar-refractivity contribution is 5.71. The normalized spacial score (nSPS) is 13.5. The lowest BCUT2D eigenvalue weighted by Gasteiger charge is -2.26. The second-order valence-corrected chi connectivity index (χ2v) is 6.19. The molecule has 0 aliphatic carbocycles. The Morgan fingerprint density at radius 3 is 2.55 bits per heavy atom. The fourth-order valence-electron chi connectivity index (χ4n) is 2.44. The van der Waals surface area contributed by atoms with E-state index in [-0.39, 0.29) is 5.41 Å². The highest BCUT2D eigenvalue weighted by atomic mass is 16.5. The topological polar surface area (TPSA) is 34.1 Å². The Bertz CT molecular complexity index is 615. The summed E-state index contributed by atoms with van der Waals surface area (Å²) in [6.45, 7) is 12.1. The maximum absolute atomic E-state index is 5.83. The van der Waals surface area contributed by atoms with Crippen molar-refractivity contribution in [2.24, 2.45) is 0 Å². The van der Waals surface area contributed by atoms with Crippen LogP contribution in [-0.2, 0) is 12.0 Å². The third kappa shape index (κ3) is 3.47. The first-order valence-corrected chi connectivity index (χ1v) is 7.98. The molecule has 0 spiro atoms. The van der Waals surface area contributed by atoms with E-state index >= 15 is 0 Å². The van der Waals surface area contributed by atoms with Gasteiger partial charge in [0.15, 0.2) is 0 Å². The van der Waals surface area contributed by atoms with Crippen molar-refractivity contribution in [1.82, 2.24) is 10.3 Å². The number of rotatable bonds is 1. The maximum atomic E-state index is 5.83. The minimum atomic E-state index is 0.107. The van der Waals surface area contributed by atoms with Crippen LogP contribution in [0, 0.1) is 0 Å². The molecule has 0 amide bonds. The number of nitrogens with zero attached hydrogens (tertiary/aromatic N) is 1. The minimum Gasteiger partial charge on any atom is -0.477 e. The van der Waals surface area contributed by atoms with Gasteiger partial charge in [-0.2, -0.15) is 0 Å². The van der Waals surface area contributed by atoms with E-state index in [9.17, 15) is 0 Å². The van der Waals surface area contributed by atoms with Crippen LogP contribution in [-0.4, -0.2) is 11.7 Å². The summed E-state index contributed by atoms with van der Waals surface area (Å²) in [7, 11) is 0. The van der Waals surface area contributed by atoms with Crippen molar-refractivity contribution in [1.29, 1.82) is 0 Å². The third-order valence-electron chi connectivity index (χ3n) is 3.61. The van der Waals surface area contributed by atoms with Crippen molar-refractivity contribution < 1.29 is 4.74 Å². The van der Waals surface area contributed by atoms with Gasteiger partial charge in [0.2, 0.25) is 0 Å². The molecule has 1 aliphatic heterocycles. The lowest BCUT2D eigenvalue weighted by atomic mass is 9.84. The van der Waals surface area contributed by atoms with Gasteiger partial charge in [-0.25, -0.2) is 0 Å². The molecule has 3 heteroatoms. The van der Waals surface area contributed by atoms with E-state index in [4.69, 9.17) is 4.74 Å². The molecule has 0 saturated carbocycles. The molecule has 1 N–H and O–H groups in total. The zero-order chi connectivity index (χ0) is 16.2. The molecule has 0 unspecified atom stereocenters. The molecule has 0 fully saturated rings. The van der Waals surface area contributed by atoms with Crippen molar-refractivity contribution in [2.75, 3.05) is 6.73 Å². The first kappa shape index (κ1) is 16.5. The SMILES string of the molecule is CC.CC(C)(C)c1cc2c(c(-c3ccccn3)c1)OCNC2. The number of fused-ring (bicyclic) bond motifs is 1. The van der Waals surface area contributed by atoms with E-state index < -0.39 is 0 Å². The molecule has 1 aromatic heterocycles. The number of ether oxygens (including phenoxy) is 1. The van der Waals surface area contributed by atoms with E-state index in [0.29, 0.717) is 6.73 Å². The zero-order valence-electron chi connectivity index (χ0n) is 14.2. The largest absolute Gasteiger partial charge is 0.477 e. The van der Waals surface area contributed by atoms with Gasteiger partial charge in [0.1, 0.15) is 12.5 Å². The molecule has 118 valence electrons. The minimum absolute atomic E-state index is 0.107. The van der Waals surface area contributed by atoms with E-state index in [0.717, 1.165) is 23.6 Å². The number of aromatic nitrogens is 1. The molecule has 1 aliphatic rings. The highest BCUT2D eigenvalue weighted by Gasteiger charge is 2.22. The quantitative estimate of drug-likeness (QED) is 0.841. The van der Waals surface area contributed by atoms with Crippen LogP contribution in [0.4, 0.5) is 0 Å². The van der Waals surface area contributed by atoms with Crippen LogP contribution in [0.15, 0.2) is 36.5 Å². The molecule has 22 heavy (non-hydrogen) atoms.